The minimum Gasteiger partial charge on any atom is -0.465 e. The van der Waals surface area contributed by atoms with E-state index in [1.807, 2.05) is 18.2 Å². The third kappa shape index (κ3) is 6.11. The van der Waals surface area contributed by atoms with E-state index in [2.05, 4.69) is 10.1 Å². The van der Waals surface area contributed by atoms with Crippen LogP contribution in [0.4, 0.5) is 10.2 Å². The minimum absolute atomic E-state index is 0.0715. The largest absolute Gasteiger partial charge is 0.465 e. The maximum Gasteiger partial charge on any atom is 0.459 e. The number of nitrogens with one attached hydrogen (secondary N) is 1. The number of rotatable bonds is 10. The fourth-order valence-corrected chi connectivity index (χ4v) is 5.53. The molecule has 210 valence electrons. The number of anilines is 1. The highest BCUT2D eigenvalue weighted by molar-refractivity contribution is 7.52. The van der Waals surface area contributed by atoms with E-state index in [0.717, 1.165) is 16.2 Å². The lowest BCUT2D eigenvalue weighted by atomic mass is 10.1. The van der Waals surface area contributed by atoms with E-state index in [1.165, 1.54) is 19.1 Å². The molecule has 1 aliphatic heterocycles. The molecular weight excluding hydrogens is 536 g/mol. The first kappa shape index (κ1) is 28.6. The molecule has 15 heteroatoms. The summed E-state index contributed by atoms with van der Waals surface area (Å²) in [5.74, 6) is -0.680. The van der Waals surface area contributed by atoms with E-state index in [0.29, 0.717) is 5.39 Å². The highest BCUT2D eigenvalue weighted by Gasteiger charge is 2.55. The molecular formula is C24H29FN5O8P. The van der Waals surface area contributed by atoms with Gasteiger partial charge in [-0.15, -0.1) is 0 Å². The van der Waals surface area contributed by atoms with Gasteiger partial charge in [0.2, 0.25) is 0 Å². The summed E-state index contributed by atoms with van der Waals surface area (Å²) in [7, 11) is -4.48. The van der Waals surface area contributed by atoms with Gasteiger partial charge in [0.25, 0.3) is 0 Å². The lowest BCUT2D eigenvalue weighted by Crippen LogP contribution is -2.53. The molecule has 13 nitrogen and oxygen atoms in total. The van der Waals surface area contributed by atoms with Crippen LogP contribution in [-0.4, -0.2) is 57.9 Å². The number of nitrogen functional groups attached to an aromatic ring is 1. The van der Waals surface area contributed by atoms with Crippen LogP contribution in [0.25, 0.3) is 10.8 Å². The van der Waals surface area contributed by atoms with Crippen LogP contribution in [0.15, 0.2) is 59.5 Å². The molecule has 0 saturated carbocycles. The molecule has 1 unspecified atom stereocenters. The van der Waals surface area contributed by atoms with Gasteiger partial charge in [-0.25, -0.2) is 13.8 Å². The zero-order chi connectivity index (χ0) is 28.4. The van der Waals surface area contributed by atoms with Crippen LogP contribution < -0.4 is 26.8 Å². The van der Waals surface area contributed by atoms with Gasteiger partial charge in [0.05, 0.1) is 6.61 Å². The predicted octanol–water partition coefficient (Wildman–Crippen LogP) is 1.61. The second kappa shape index (κ2) is 11.4. The predicted molar refractivity (Wildman–Crippen MR) is 138 cm³/mol. The minimum atomic E-state index is -4.48. The number of fused-ring (bicyclic) bond motifs is 1. The number of aromatic nitrogens is 2. The topological polar surface area (TPSA) is 190 Å². The number of hydrogen-bond acceptors (Lipinski definition) is 11. The molecule has 39 heavy (non-hydrogen) atoms. The van der Waals surface area contributed by atoms with Crippen molar-refractivity contribution in [2.75, 3.05) is 18.9 Å². The number of nitrogens with zero attached hydrogens (tertiary/aromatic N) is 2. The van der Waals surface area contributed by atoms with Gasteiger partial charge < -0.3 is 24.8 Å². The monoisotopic (exact) mass is 565 g/mol. The Balaban J connectivity index is 1.61. The molecule has 6 atom stereocenters. The molecule has 4 rings (SSSR count). The lowest BCUT2D eigenvalue weighted by molar-refractivity contribution is -0.144. The van der Waals surface area contributed by atoms with Crippen molar-refractivity contribution in [1.82, 2.24) is 14.6 Å². The van der Waals surface area contributed by atoms with E-state index < -0.39 is 56.3 Å². The van der Waals surface area contributed by atoms with Gasteiger partial charge >= 0.3 is 19.4 Å². The number of benzene rings is 2. The summed E-state index contributed by atoms with van der Waals surface area (Å²) in [6.45, 7) is 2.14. The SMILES string of the molecule is CCOC(=O)[C@H](C)NP(=O)(OC[C@@]1(N)O[C@@H](n2ccc(N)nc2=O)[C@H](O)[C@@H]1F)Oc1cccc2ccccc12. The van der Waals surface area contributed by atoms with Crippen LogP contribution in [0.1, 0.15) is 20.1 Å². The molecule has 0 amide bonds. The zero-order valence-corrected chi connectivity index (χ0v) is 22.0. The Hall–Kier alpha value is -3.39. The molecule has 1 saturated heterocycles. The summed E-state index contributed by atoms with van der Waals surface area (Å²) in [6.07, 6.45) is -4.62. The quantitative estimate of drug-likeness (QED) is 0.205. The normalized spacial score (nSPS) is 25.2. The molecule has 1 fully saturated rings. The van der Waals surface area contributed by atoms with Gasteiger partial charge in [0, 0.05) is 11.6 Å². The van der Waals surface area contributed by atoms with Crippen molar-refractivity contribution in [2.45, 2.75) is 44.1 Å². The van der Waals surface area contributed by atoms with Crippen molar-refractivity contribution < 1.29 is 37.4 Å². The third-order valence-electron chi connectivity index (χ3n) is 5.94. The second-order valence-corrected chi connectivity index (χ2v) is 10.5. The maximum atomic E-state index is 15.2. The second-order valence-electron chi connectivity index (χ2n) is 8.84. The summed E-state index contributed by atoms with van der Waals surface area (Å²) in [4.78, 5) is 28.0. The number of aliphatic hydroxyl groups is 1. The van der Waals surface area contributed by atoms with Gasteiger partial charge in [-0.2, -0.15) is 10.1 Å². The first-order valence-corrected chi connectivity index (χ1v) is 13.5. The average molecular weight is 565 g/mol. The fourth-order valence-electron chi connectivity index (χ4n) is 3.99. The summed E-state index contributed by atoms with van der Waals surface area (Å²) in [5.41, 5.74) is 8.29. The Labute approximate surface area is 222 Å². The van der Waals surface area contributed by atoms with Crippen LogP contribution in [0.3, 0.4) is 0 Å². The molecule has 1 aromatic heterocycles. The van der Waals surface area contributed by atoms with Crippen LogP contribution in [0, 0.1) is 0 Å². The number of carbonyl (C=O) groups excluding carboxylic acids is 1. The molecule has 3 aromatic rings. The van der Waals surface area contributed by atoms with Gasteiger partial charge in [-0.1, -0.05) is 36.4 Å². The highest BCUT2D eigenvalue weighted by Crippen LogP contribution is 2.48. The van der Waals surface area contributed by atoms with Crippen molar-refractivity contribution in [3.05, 3.63) is 65.2 Å². The third-order valence-corrected chi connectivity index (χ3v) is 7.55. The first-order chi connectivity index (χ1) is 18.5. The Morgan fingerprint density at radius 2 is 2.03 bits per heavy atom. The molecule has 0 radical (unpaired) electrons. The van der Waals surface area contributed by atoms with E-state index >= 15 is 4.39 Å². The number of esters is 1. The van der Waals surface area contributed by atoms with Gasteiger partial charge in [-0.3, -0.25) is 19.6 Å². The number of aliphatic hydroxyl groups excluding tert-OH is 1. The number of halogens is 1. The average Bonchev–Trinajstić information content (AvgIpc) is 3.12. The van der Waals surface area contributed by atoms with Crippen LogP contribution in [0.2, 0.25) is 0 Å². The summed E-state index contributed by atoms with van der Waals surface area (Å²) in [5, 5.41) is 14.3. The standard InChI is InChI=1S/C24H29FN5O8P/c1-3-35-22(32)14(2)29-39(34,38-17-10-6-8-15-7-4-5-9-16(15)17)36-13-24(27)20(25)19(31)21(37-24)30-12-11-18(26)28-23(30)33/h4-12,14,19-21,31H,3,13,27H2,1-2H3,(H,29,34)(H2,26,28,33)/t14-,19+,20-,21+,24+,39?/m0/s1. The van der Waals surface area contributed by atoms with E-state index in [4.69, 9.17) is 30.0 Å². The number of ether oxygens (including phenoxy) is 2. The number of nitrogens with two attached hydrogens (primary N) is 2. The Kier molecular flexibility index (Phi) is 8.35. The molecule has 2 heterocycles. The fraction of sp³-hybridized carbons (Fsp3) is 0.375. The Morgan fingerprint density at radius 3 is 2.74 bits per heavy atom. The van der Waals surface area contributed by atoms with Gasteiger partial charge in [-0.05, 0) is 31.4 Å². The summed E-state index contributed by atoms with van der Waals surface area (Å²) >= 11 is 0. The van der Waals surface area contributed by atoms with Gasteiger partial charge in [0.15, 0.2) is 18.1 Å². The van der Waals surface area contributed by atoms with E-state index in [9.17, 15) is 19.3 Å². The lowest BCUT2D eigenvalue weighted by Gasteiger charge is -2.29. The molecule has 0 spiro atoms. The molecule has 0 aliphatic carbocycles. The summed E-state index contributed by atoms with van der Waals surface area (Å²) in [6, 6.07) is 12.2. The molecule has 6 N–H and O–H groups in total. The number of hydrogen-bond donors (Lipinski definition) is 4. The van der Waals surface area contributed by atoms with Crippen LogP contribution >= 0.6 is 7.75 Å². The van der Waals surface area contributed by atoms with E-state index in [1.54, 1.807) is 25.1 Å². The van der Waals surface area contributed by atoms with Crippen molar-refractivity contribution in [3.8, 4) is 5.75 Å². The van der Waals surface area contributed by atoms with Gasteiger partial charge in [0.1, 0.15) is 30.3 Å². The van der Waals surface area contributed by atoms with Crippen LogP contribution in [0.5, 0.6) is 5.75 Å². The van der Waals surface area contributed by atoms with Crippen molar-refractivity contribution in [1.29, 1.82) is 0 Å². The molecule has 2 aromatic carbocycles. The first-order valence-electron chi connectivity index (χ1n) is 12.0. The maximum absolute atomic E-state index is 15.2. The zero-order valence-electron chi connectivity index (χ0n) is 21.1. The number of alkyl halides is 1. The van der Waals surface area contributed by atoms with Crippen LogP contribution in [-0.2, 0) is 23.4 Å². The molecule has 1 aliphatic rings. The van der Waals surface area contributed by atoms with Crippen molar-refractivity contribution in [2.24, 2.45) is 5.73 Å². The van der Waals surface area contributed by atoms with E-state index in [-0.39, 0.29) is 18.2 Å². The highest BCUT2D eigenvalue weighted by atomic mass is 31.2. The summed E-state index contributed by atoms with van der Waals surface area (Å²) < 4.78 is 51.7. The Bertz CT molecular complexity index is 1450. The number of carbonyl (C=O) groups is 1. The van der Waals surface area contributed by atoms with Crippen molar-refractivity contribution in [3.63, 3.8) is 0 Å². The van der Waals surface area contributed by atoms with Crippen molar-refractivity contribution >= 4 is 30.3 Å². The Morgan fingerprint density at radius 1 is 1.31 bits per heavy atom. The smallest absolute Gasteiger partial charge is 0.459 e. The molecule has 0 bridgehead atoms.